The Balaban J connectivity index is 2.05. The molecular formula is C22H31N3O. The van der Waals surface area contributed by atoms with Gasteiger partial charge in [-0.15, -0.1) is 0 Å². The summed E-state index contributed by atoms with van der Waals surface area (Å²) < 4.78 is 6.39. The molecule has 0 saturated carbocycles. The summed E-state index contributed by atoms with van der Waals surface area (Å²) in [7, 11) is 0. The minimum Gasteiger partial charge on any atom is -0.438 e. The number of ether oxygens (including phenoxy) is 1. The Morgan fingerprint density at radius 1 is 1.08 bits per heavy atom. The smallest absolute Gasteiger partial charge is 0.226 e. The van der Waals surface area contributed by atoms with Crippen molar-refractivity contribution in [1.82, 2.24) is 10.3 Å². The fraction of sp³-hybridized carbons (Fsp3) is 0.500. The number of anilines is 1. The molecular weight excluding hydrogens is 322 g/mol. The number of aromatic nitrogens is 1. The van der Waals surface area contributed by atoms with Crippen molar-refractivity contribution in [1.29, 1.82) is 0 Å². The minimum atomic E-state index is 0.527. The molecule has 3 rings (SSSR count). The summed E-state index contributed by atoms with van der Waals surface area (Å²) in [5.41, 5.74) is 6.99. The second kappa shape index (κ2) is 7.67. The van der Waals surface area contributed by atoms with Crippen molar-refractivity contribution < 1.29 is 4.74 Å². The van der Waals surface area contributed by atoms with Crippen molar-refractivity contribution in [2.45, 2.75) is 67.0 Å². The lowest BCUT2D eigenvalue weighted by Crippen LogP contribution is -2.45. The van der Waals surface area contributed by atoms with Crippen molar-refractivity contribution in [2.24, 2.45) is 0 Å². The van der Waals surface area contributed by atoms with Crippen LogP contribution in [-0.4, -0.2) is 17.7 Å². The first-order valence-corrected chi connectivity index (χ1v) is 9.68. The third kappa shape index (κ3) is 3.56. The Bertz CT molecular complexity index is 773. The molecule has 1 N–H and O–H groups in total. The molecule has 26 heavy (non-hydrogen) atoms. The van der Waals surface area contributed by atoms with Gasteiger partial charge in [-0.2, -0.15) is 0 Å². The van der Waals surface area contributed by atoms with Crippen LogP contribution in [0.25, 0.3) is 0 Å². The first kappa shape index (κ1) is 18.7. The van der Waals surface area contributed by atoms with Gasteiger partial charge in [0.1, 0.15) is 5.75 Å². The lowest BCUT2D eigenvalue weighted by molar-refractivity contribution is 0.434. The Labute approximate surface area is 157 Å². The number of nitrogens with one attached hydrogen (secondary N) is 1. The van der Waals surface area contributed by atoms with E-state index in [1.165, 1.54) is 11.3 Å². The molecule has 2 aromatic rings. The Kier molecular flexibility index (Phi) is 5.52. The summed E-state index contributed by atoms with van der Waals surface area (Å²) in [6, 6.07) is 7.06. The number of pyridine rings is 1. The average Bonchev–Trinajstić information content (AvgIpc) is 2.59. The fourth-order valence-electron chi connectivity index (χ4n) is 4.03. The van der Waals surface area contributed by atoms with E-state index < -0.39 is 0 Å². The van der Waals surface area contributed by atoms with Crippen LogP contribution < -0.4 is 15.0 Å². The first-order chi connectivity index (χ1) is 12.4. The summed E-state index contributed by atoms with van der Waals surface area (Å²) in [4.78, 5) is 7.21. The van der Waals surface area contributed by atoms with Crippen molar-refractivity contribution in [3.63, 3.8) is 0 Å². The summed E-state index contributed by atoms with van der Waals surface area (Å²) in [5, 5.41) is 3.53. The van der Waals surface area contributed by atoms with Gasteiger partial charge < -0.3 is 9.64 Å². The molecule has 0 saturated heterocycles. The molecule has 140 valence electrons. The topological polar surface area (TPSA) is 37.4 Å². The van der Waals surface area contributed by atoms with Crippen LogP contribution in [-0.2, 0) is 6.54 Å². The fourth-order valence-corrected chi connectivity index (χ4v) is 4.03. The van der Waals surface area contributed by atoms with E-state index in [1.807, 2.05) is 0 Å². The Hall–Kier alpha value is -2.07. The average molecular weight is 354 g/mol. The highest BCUT2D eigenvalue weighted by Gasteiger charge is 2.26. The van der Waals surface area contributed by atoms with Gasteiger partial charge in [0.15, 0.2) is 0 Å². The standard InChI is InChI=1S/C22H31N3O/c1-7-18(8-2)25-13-23-12-19-20(25)11-17(6)24-22(19)26-21-15(4)9-14(3)10-16(21)5/h9-11,18,23H,7-8,12-13H2,1-6H3. The summed E-state index contributed by atoms with van der Waals surface area (Å²) in [6.07, 6.45) is 2.26. The molecule has 0 amide bonds. The van der Waals surface area contributed by atoms with Crippen LogP contribution >= 0.6 is 0 Å². The van der Waals surface area contributed by atoms with Crippen LogP contribution in [0.15, 0.2) is 18.2 Å². The summed E-state index contributed by atoms with van der Waals surface area (Å²) >= 11 is 0. The van der Waals surface area contributed by atoms with Gasteiger partial charge in [0, 0.05) is 24.0 Å². The maximum Gasteiger partial charge on any atom is 0.226 e. The second-order valence-electron chi connectivity index (χ2n) is 7.42. The zero-order chi connectivity index (χ0) is 18.8. The quantitative estimate of drug-likeness (QED) is 0.805. The van der Waals surface area contributed by atoms with Gasteiger partial charge in [-0.05, 0) is 57.7 Å². The van der Waals surface area contributed by atoms with Gasteiger partial charge >= 0.3 is 0 Å². The molecule has 4 nitrogen and oxygen atoms in total. The molecule has 1 aromatic heterocycles. The van der Waals surface area contributed by atoms with E-state index in [9.17, 15) is 0 Å². The molecule has 0 radical (unpaired) electrons. The minimum absolute atomic E-state index is 0.527. The van der Waals surface area contributed by atoms with Gasteiger partial charge in [0.2, 0.25) is 5.88 Å². The SMILES string of the molecule is CCC(CC)N1CNCc2c1cc(C)nc2Oc1c(C)cc(C)cc1C. The van der Waals surface area contributed by atoms with Crippen LogP contribution in [0, 0.1) is 27.7 Å². The molecule has 2 heterocycles. The predicted molar refractivity (Wildman–Crippen MR) is 108 cm³/mol. The predicted octanol–water partition coefficient (Wildman–Crippen LogP) is 5.16. The molecule has 0 spiro atoms. The molecule has 1 aromatic carbocycles. The number of fused-ring (bicyclic) bond motifs is 1. The van der Waals surface area contributed by atoms with Gasteiger partial charge in [-0.1, -0.05) is 31.5 Å². The number of benzene rings is 1. The largest absolute Gasteiger partial charge is 0.438 e. The second-order valence-corrected chi connectivity index (χ2v) is 7.42. The number of aryl methyl sites for hydroxylation is 4. The first-order valence-electron chi connectivity index (χ1n) is 9.68. The number of hydrogen-bond acceptors (Lipinski definition) is 4. The van der Waals surface area contributed by atoms with Gasteiger partial charge in [0.25, 0.3) is 0 Å². The van der Waals surface area contributed by atoms with E-state index in [0.29, 0.717) is 6.04 Å². The third-order valence-electron chi connectivity index (χ3n) is 5.27. The molecule has 0 aliphatic carbocycles. The zero-order valence-corrected chi connectivity index (χ0v) is 16.9. The van der Waals surface area contributed by atoms with E-state index in [2.05, 4.69) is 70.0 Å². The van der Waals surface area contributed by atoms with Gasteiger partial charge in [-0.25, -0.2) is 4.98 Å². The van der Waals surface area contributed by atoms with Crippen LogP contribution in [0.3, 0.4) is 0 Å². The lowest BCUT2D eigenvalue weighted by Gasteiger charge is -2.38. The molecule has 1 aliphatic rings. The Morgan fingerprint density at radius 2 is 1.73 bits per heavy atom. The highest BCUT2D eigenvalue weighted by atomic mass is 16.5. The van der Waals surface area contributed by atoms with Crippen LogP contribution in [0.5, 0.6) is 11.6 Å². The highest BCUT2D eigenvalue weighted by Crippen LogP contribution is 2.37. The van der Waals surface area contributed by atoms with E-state index in [4.69, 9.17) is 9.72 Å². The van der Waals surface area contributed by atoms with Crippen molar-refractivity contribution >= 4 is 5.69 Å². The monoisotopic (exact) mass is 353 g/mol. The Morgan fingerprint density at radius 3 is 2.35 bits per heavy atom. The molecule has 0 fully saturated rings. The number of rotatable bonds is 5. The summed E-state index contributed by atoms with van der Waals surface area (Å²) in [5.74, 6) is 1.66. The van der Waals surface area contributed by atoms with Crippen molar-refractivity contribution in [3.05, 3.63) is 46.1 Å². The maximum atomic E-state index is 6.39. The zero-order valence-electron chi connectivity index (χ0n) is 16.9. The normalized spacial score (nSPS) is 13.9. The molecule has 1 aliphatic heterocycles. The van der Waals surface area contributed by atoms with E-state index in [1.54, 1.807) is 0 Å². The molecule has 0 atom stereocenters. The maximum absolute atomic E-state index is 6.39. The van der Waals surface area contributed by atoms with Crippen molar-refractivity contribution in [3.8, 4) is 11.6 Å². The number of nitrogens with zero attached hydrogens (tertiary/aromatic N) is 2. The van der Waals surface area contributed by atoms with Crippen LogP contribution in [0.2, 0.25) is 0 Å². The molecule has 0 bridgehead atoms. The molecule has 4 heteroatoms. The van der Waals surface area contributed by atoms with E-state index in [0.717, 1.165) is 60.1 Å². The van der Waals surface area contributed by atoms with Gasteiger partial charge in [-0.3, -0.25) is 5.32 Å². The van der Waals surface area contributed by atoms with Crippen LogP contribution in [0.1, 0.15) is 54.6 Å². The third-order valence-corrected chi connectivity index (χ3v) is 5.27. The highest BCUT2D eigenvalue weighted by molar-refractivity contribution is 5.61. The van der Waals surface area contributed by atoms with E-state index in [-0.39, 0.29) is 0 Å². The summed E-state index contributed by atoms with van der Waals surface area (Å²) in [6.45, 7) is 14.6. The van der Waals surface area contributed by atoms with E-state index >= 15 is 0 Å². The number of hydrogen-bond donors (Lipinski definition) is 1. The van der Waals surface area contributed by atoms with Crippen molar-refractivity contribution in [2.75, 3.05) is 11.6 Å². The lowest BCUT2D eigenvalue weighted by atomic mass is 10.0. The van der Waals surface area contributed by atoms with Gasteiger partial charge in [0.05, 0.1) is 12.2 Å². The molecule has 0 unspecified atom stereocenters. The van der Waals surface area contributed by atoms with Crippen LogP contribution in [0.4, 0.5) is 5.69 Å².